The maximum atomic E-state index is 9.25. The van der Waals surface area contributed by atoms with Gasteiger partial charge in [-0.2, -0.15) is 13.4 Å². The van der Waals surface area contributed by atoms with Crippen molar-refractivity contribution in [1.82, 2.24) is 19.7 Å². The van der Waals surface area contributed by atoms with Crippen molar-refractivity contribution in [1.29, 1.82) is 5.41 Å². The van der Waals surface area contributed by atoms with Gasteiger partial charge in [-0.15, -0.1) is 4.73 Å². The lowest BCUT2D eigenvalue weighted by Gasteiger charge is -2.27. The van der Waals surface area contributed by atoms with Crippen LogP contribution in [-0.2, 0) is 10.4 Å². The molecule has 2 aromatic rings. The van der Waals surface area contributed by atoms with Gasteiger partial charge in [0.2, 0.25) is 0 Å². The molecule has 0 unspecified atom stereocenters. The molecular formula is C13H21N7O5S. The van der Waals surface area contributed by atoms with Crippen molar-refractivity contribution in [3.8, 4) is 0 Å². The normalized spacial score (nSPS) is 13.7. The highest BCUT2D eigenvalue weighted by Gasteiger charge is 2.13. The SMILES string of the molecule is N=c1nc(N2CCCCC2)cc(N)n1O.O=S(=O)(O)O.c1cncnc1. The molecule has 0 saturated carbocycles. The Morgan fingerprint density at radius 2 is 1.65 bits per heavy atom. The van der Waals surface area contributed by atoms with Crippen molar-refractivity contribution in [2.45, 2.75) is 19.3 Å². The maximum absolute atomic E-state index is 9.25. The number of hydrogen-bond donors (Lipinski definition) is 5. The molecule has 0 atom stereocenters. The van der Waals surface area contributed by atoms with Gasteiger partial charge in [-0.3, -0.25) is 14.5 Å². The second-order valence-corrected chi connectivity index (χ2v) is 5.97. The quantitative estimate of drug-likeness (QED) is 0.328. The van der Waals surface area contributed by atoms with Crippen LogP contribution in [0.5, 0.6) is 0 Å². The molecule has 0 aromatic carbocycles. The minimum Gasteiger partial charge on any atom is -0.423 e. The van der Waals surface area contributed by atoms with E-state index >= 15 is 0 Å². The largest absolute Gasteiger partial charge is 0.423 e. The van der Waals surface area contributed by atoms with Gasteiger partial charge in [0, 0.05) is 31.5 Å². The van der Waals surface area contributed by atoms with Gasteiger partial charge in [0.05, 0.1) is 0 Å². The molecule has 12 nitrogen and oxygen atoms in total. The van der Waals surface area contributed by atoms with Gasteiger partial charge in [0.15, 0.2) is 0 Å². The van der Waals surface area contributed by atoms with Gasteiger partial charge in [-0.1, -0.05) is 0 Å². The smallest absolute Gasteiger partial charge is 0.394 e. The summed E-state index contributed by atoms with van der Waals surface area (Å²) in [6, 6.07) is 3.38. The Hall–Kier alpha value is -2.77. The third kappa shape index (κ3) is 8.91. The Morgan fingerprint density at radius 1 is 1.12 bits per heavy atom. The number of nitrogen functional groups attached to an aromatic ring is 1. The summed E-state index contributed by atoms with van der Waals surface area (Å²) >= 11 is 0. The average molecular weight is 387 g/mol. The molecule has 0 amide bonds. The number of hydrogen-bond acceptors (Lipinski definition) is 9. The molecular weight excluding hydrogens is 366 g/mol. The Bertz CT molecular complexity index is 788. The fourth-order valence-electron chi connectivity index (χ4n) is 2.04. The summed E-state index contributed by atoms with van der Waals surface area (Å²) in [7, 11) is -4.67. The van der Waals surface area contributed by atoms with E-state index in [4.69, 9.17) is 28.7 Å². The first-order valence-electron chi connectivity index (χ1n) is 7.46. The number of rotatable bonds is 1. The number of nitrogens with two attached hydrogens (primary N) is 1. The van der Waals surface area contributed by atoms with Crippen molar-refractivity contribution < 1.29 is 22.7 Å². The van der Waals surface area contributed by atoms with E-state index in [0.717, 1.165) is 25.9 Å². The number of nitrogens with one attached hydrogen (secondary N) is 1. The first-order valence-corrected chi connectivity index (χ1v) is 8.86. The highest BCUT2D eigenvalue weighted by atomic mass is 32.3. The third-order valence-corrected chi connectivity index (χ3v) is 3.10. The molecule has 1 saturated heterocycles. The molecule has 1 aliphatic heterocycles. The molecule has 26 heavy (non-hydrogen) atoms. The van der Waals surface area contributed by atoms with E-state index in [2.05, 4.69) is 19.9 Å². The van der Waals surface area contributed by atoms with Crippen molar-refractivity contribution >= 4 is 22.0 Å². The van der Waals surface area contributed by atoms with Crippen molar-refractivity contribution in [3.63, 3.8) is 0 Å². The number of aromatic nitrogens is 4. The zero-order valence-electron chi connectivity index (χ0n) is 13.8. The van der Waals surface area contributed by atoms with E-state index in [1.807, 2.05) is 0 Å². The molecule has 13 heteroatoms. The van der Waals surface area contributed by atoms with Crippen LogP contribution in [0.15, 0.2) is 30.9 Å². The molecule has 3 heterocycles. The van der Waals surface area contributed by atoms with Crippen LogP contribution in [0, 0.1) is 5.41 Å². The van der Waals surface area contributed by atoms with Gasteiger partial charge in [-0.25, -0.2) is 9.97 Å². The van der Waals surface area contributed by atoms with E-state index in [9.17, 15) is 5.21 Å². The Labute approximate surface area is 150 Å². The lowest BCUT2D eigenvalue weighted by molar-refractivity contribution is 0.171. The lowest BCUT2D eigenvalue weighted by Crippen LogP contribution is -2.33. The molecule has 1 fully saturated rings. The van der Waals surface area contributed by atoms with Crippen molar-refractivity contribution in [2.75, 3.05) is 23.7 Å². The van der Waals surface area contributed by atoms with Crippen LogP contribution in [0.25, 0.3) is 0 Å². The van der Waals surface area contributed by atoms with E-state index in [1.165, 1.54) is 12.7 Å². The zero-order valence-corrected chi connectivity index (χ0v) is 14.6. The average Bonchev–Trinajstić information content (AvgIpc) is 2.61. The first-order chi connectivity index (χ1) is 12.2. The van der Waals surface area contributed by atoms with Gasteiger partial charge in [-0.05, 0) is 25.3 Å². The van der Waals surface area contributed by atoms with E-state index < -0.39 is 10.4 Å². The highest BCUT2D eigenvalue weighted by molar-refractivity contribution is 7.79. The Balaban J connectivity index is 0.000000253. The van der Waals surface area contributed by atoms with Crippen LogP contribution in [0.2, 0.25) is 0 Å². The molecule has 2 aromatic heterocycles. The van der Waals surface area contributed by atoms with Gasteiger partial charge in [0.25, 0.3) is 5.62 Å². The standard InChI is InChI=1S/C9H15N5O.C4H4N2.H2O4S/c10-7-6-8(12-9(11)14(7)15)13-4-2-1-3-5-13;1-2-5-4-6-3-1;1-5(2,3)4/h6,11,15H,1-5,10H2;1-4H;(H2,1,2,3,4). The second-order valence-electron chi connectivity index (χ2n) is 5.07. The van der Waals surface area contributed by atoms with E-state index in [0.29, 0.717) is 10.5 Å². The highest BCUT2D eigenvalue weighted by Crippen LogP contribution is 2.17. The fraction of sp³-hybridized carbons (Fsp3) is 0.385. The minimum atomic E-state index is -4.67. The van der Waals surface area contributed by atoms with Crippen LogP contribution in [0.4, 0.5) is 11.6 Å². The molecule has 1 aliphatic rings. The fourth-order valence-corrected chi connectivity index (χ4v) is 2.04. The summed E-state index contributed by atoms with van der Waals surface area (Å²) < 4.78 is 32.2. The number of nitrogens with zero attached hydrogens (tertiary/aromatic N) is 5. The minimum absolute atomic E-state index is 0.149. The molecule has 0 radical (unpaired) electrons. The summed E-state index contributed by atoms with van der Waals surface area (Å²) in [4.78, 5) is 13.4. The predicted molar refractivity (Wildman–Crippen MR) is 92.0 cm³/mol. The summed E-state index contributed by atoms with van der Waals surface area (Å²) in [6.07, 6.45) is 8.40. The zero-order chi connectivity index (χ0) is 19.6. The summed E-state index contributed by atoms with van der Waals surface area (Å²) in [6.45, 7) is 1.89. The Kier molecular flexibility index (Phi) is 8.41. The summed E-state index contributed by atoms with van der Waals surface area (Å²) in [5.41, 5.74) is 5.33. The summed E-state index contributed by atoms with van der Waals surface area (Å²) in [5.74, 6) is 0.832. The number of piperidine rings is 1. The molecule has 3 rings (SSSR count). The molecule has 0 spiro atoms. The van der Waals surface area contributed by atoms with Crippen LogP contribution in [-0.4, -0.2) is 55.5 Å². The van der Waals surface area contributed by atoms with Gasteiger partial charge < -0.3 is 15.8 Å². The maximum Gasteiger partial charge on any atom is 0.394 e. The topological polar surface area (TPSA) is 192 Å². The van der Waals surface area contributed by atoms with Crippen molar-refractivity contribution in [2.24, 2.45) is 0 Å². The first kappa shape index (κ1) is 21.3. The Morgan fingerprint density at radius 3 is 2.04 bits per heavy atom. The molecule has 0 aliphatic carbocycles. The van der Waals surface area contributed by atoms with Gasteiger partial charge >= 0.3 is 10.4 Å². The molecule has 6 N–H and O–H groups in total. The van der Waals surface area contributed by atoms with Crippen LogP contribution < -0.4 is 16.3 Å². The van der Waals surface area contributed by atoms with Crippen LogP contribution >= 0.6 is 0 Å². The van der Waals surface area contributed by atoms with E-state index in [1.54, 1.807) is 24.5 Å². The van der Waals surface area contributed by atoms with Gasteiger partial charge in [0.1, 0.15) is 18.0 Å². The third-order valence-electron chi connectivity index (χ3n) is 3.10. The monoisotopic (exact) mass is 387 g/mol. The van der Waals surface area contributed by atoms with Crippen molar-refractivity contribution in [3.05, 3.63) is 36.5 Å². The molecule has 0 bridgehead atoms. The second kappa shape index (κ2) is 10.3. The predicted octanol–water partition coefficient (Wildman–Crippen LogP) is -0.00383. The summed E-state index contributed by atoms with van der Waals surface area (Å²) in [5, 5.41) is 16.7. The molecule has 144 valence electrons. The van der Waals surface area contributed by atoms with E-state index in [-0.39, 0.29) is 11.4 Å². The lowest BCUT2D eigenvalue weighted by atomic mass is 10.1. The number of anilines is 2. The van der Waals surface area contributed by atoms with Crippen LogP contribution in [0.3, 0.4) is 0 Å². The van der Waals surface area contributed by atoms with Crippen LogP contribution in [0.1, 0.15) is 19.3 Å².